The van der Waals surface area contributed by atoms with Crippen LogP contribution in [0.25, 0.3) is 0 Å². The van der Waals surface area contributed by atoms with Crippen molar-refractivity contribution in [2.24, 2.45) is 0 Å². The van der Waals surface area contributed by atoms with Gasteiger partial charge in [0.05, 0.1) is 11.1 Å². The number of Topliss-reactive ketones (excluding diaryl/α,β-unsaturated/α-hetero) is 1. The number of carboxylic acid groups (broad SMARTS) is 1. The number of ketones is 1. The Balaban J connectivity index is 1.82. The predicted octanol–water partition coefficient (Wildman–Crippen LogP) is 5.09. The molecule has 0 aromatic heterocycles. The van der Waals surface area contributed by atoms with Gasteiger partial charge in [0.1, 0.15) is 0 Å². The van der Waals surface area contributed by atoms with Gasteiger partial charge in [-0.1, -0.05) is 30.3 Å². The van der Waals surface area contributed by atoms with Gasteiger partial charge in [0.2, 0.25) is 0 Å². The molecular formula is C26H26N2O4. The smallest absolute Gasteiger partial charge is 0.336 e. The van der Waals surface area contributed by atoms with Crippen LogP contribution in [-0.2, 0) is 6.42 Å². The molecular weight excluding hydrogens is 404 g/mol. The first-order chi connectivity index (χ1) is 15.2. The van der Waals surface area contributed by atoms with Crippen molar-refractivity contribution in [2.45, 2.75) is 27.2 Å². The SMILES string of the molecule is CNc1ccc(Cc2ccc(NC(=O)c3cc(C(C)=O)ccc3C(=O)O)c(C)c2)cc1C. The number of carboxylic acids is 1. The fourth-order valence-electron chi connectivity index (χ4n) is 3.66. The summed E-state index contributed by atoms with van der Waals surface area (Å²) in [5.74, 6) is -2.04. The van der Waals surface area contributed by atoms with E-state index in [-0.39, 0.29) is 22.5 Å². The number of rotatable bonds is 7. The number of aryl methyl sites for hydroxylation is 2. The summed E-state index contributed by atoms with van der Waals surface area (Å²) in [5, 5.41) is 15.4. The maximum atomic E-state index is 12.8. The first-order valence-electron chi connectivity index (χ1n) is 10.3. The number of hydrogen-bond acceptors (Lipinski definition) is 4. The van der Waals surface area contributed by atoms with Gasteiger partial charge >= 0.3 is 5.97 Å². The highest BCUT2D eigenvalue weighted by molar-refractivity contribution is 6.12. The minimum atomic E-state index is -1.23. The van der Waals surface area contributed by atoms with Gasteiger partial charge in [0, 0.05) is 24.0 Å². The lowest BCUT2D eigenvalue weighted by atomic mass is 9.99. The molecule has 3 N–H and O–H groups in total. The normalized spacial score (nSPS) is 10.5. The molecule has 164 valence electrons. The number of carbonyl (C=O) groups is 3. The number of anilines is 2. The van der Waals surface area contributed by atoms with Gasteiger partial charge in [-0.15, -0.1) is 0 Å². The first kappa shape index (κ1) is 22.7. The third kappa shape index (κ3) is 5.03. The summed E-state index contributed by atoms with van der Waals surface area (Å²) in [6, 6.07) is 16.1. The molecule has 3 aromatic carbocycles. The van der Waals surface area contributed by atoms with Crippen molar-refractivity contribution < 1.29 is 19.5 Å². The average molecular weight is 431 g/mol. The Morgan fingerprint density at radius 2 is 1.41 bits per heavy atom. The number of nitrogens with one attached hydrogen (secondary N) is 2. The van der Waals surface area contributed by atoms with E-state index in [1.54, 1.807) is 0 Å². The van der Waals surface area contributed by atoms with Crippen LogP contribution in [0, 0.1) is 13.8 Å². The molecule has 0 atom stereocenters. The van der Waals surface area contributed by atoms with Crippen LogP contribution in [-0.4, -0.2) is 29.8 Å². The predicted molar refractivity (Wildman–Crippen MR) is 126 cm³/mol. The Morgan fingerprint density at radius 1 is 0.812 bits per heavy atom. The lowest BCUT2D eigenvalue weighted by molar-refractivity contribution is 0.0692. The second-order valence-corrected chi connectivity index (χ2v) is 7.80. The van der Waals surface area contributed by atoms with Gasteiger partial charge < -0.3 is 15.7 Å². The minimum absolute atomic E-state index is 0.0474. The molecule has 0 aliphatic heterocycles. The van der Waals surface area contributed by atoms with Crippen molar-refractivity contribution in [3.63, 3.8) is 0 Å². The topological polar surface area (TPSA) is 95.5 Å². The summed E-state index contributed by atoms with van der Waals surface area (Å²) in [6.45, 7) is 5.32. The number of benzene rings is 3. The summed E-state index contributed by atoms with van der Waals surface area (Å²) in [6.07, 6.45) is 0.754. The van der Waals surface area contributed by atoms with Gasteiger partial charge in [-0.25, -0.2) is 4.79 Å². The van der Waals surface area contributed by atoms with Crippen LogP contribution in [0.1, 0.15) is 60.3 Å². The van der Waals surface area contributed by atoms with Crippen LogP contribution in [0.5, 0.6) is 0 Å². The second-order valence-electron chi connectivity index (χ2n) is 7.80. The summed E-state index contributed by atoms with van der Waals surface area (Å²) in [7, 11) is 1.90. The fourth-order valence-corrected chi connectivity index (χ4v) is 3.66. The average Bonchev–Trinajstić information content (AvgIpc) is 2.75. The first-order valence-corrected chi connectivity index (χ1v) is 10.3. The summed E-state index contributed by atoms with van der Waals surface area (Å²) < 4.78 is 0. The molecule has 0 saturated heterocycles. The Kier molecular flexibility index (Phi) is 6.73. The van der Waals surface area contributed by atoms with Crippen molar-refractivity contribution in [3.8, 4) is 0 Å². The Morgan fingerprint density at radius 3 is 1.91 bits per heavy atom. The number of aromatic carboxylic acids is 1. The highest BCUT2D eigenvalue weighted by Gasteiger charge is 2.19. The van der Waals surface area contributed by atoms with Crippen molar-refractivity contribution in [1.29, 1.82) is 0 Å². The summed E-state index contributed by atoms with van der Waals surface area (Å²) >= 11 is 0. The quantitative estimate of drug-likeness (QED) is 0.454. The third-order valence-electron chi connectivity index (χ3n) is 5.41. The molecule has 0 aliphatic carbocycles. The molecule has 0 heterocycles. The Hall–Kier alpha value is -3.93. The Labute approximate surface area is 187 Å². The maximum absolute atomic E-state index is 12.8. The molecule has 0 unspecified atom stereocenters. The van der Waals surface area contributed by atoms with Crippen molar-refractivity contribution in [1.82, 2.24) is 0 Å². The second kappa shape index (κ2) is 9.47. The lowest BCUT2D eigenvalue weighted by Crippen LogP contribution is -2.18. The van der Waals surface area contributed by atoms with Crippen LogP contribution in [0.4, 0.5) is 11.4 Å². The molecule has 6 heteroatoms. The zero-order chi connectivity index (χ0) is 23.4. The van der Waals surface area contributed by atoms with E-state index in [0.29, 0.717) is 5.69 Å². The van der Waals surface area contributed by atoms with E-state index < -0.39 is 11.9 Å². The van der Waals surface area contributed by atoms with Gasteiger partial charge in [0.15, 0.2) is 5.78 Å². The summed E-state index contributed by atoms with van der Waals surface area (Å²) in [4.78, 5) is 36.1. The summed E-state index contributed by atoms with van der Waals surface area (Å²) in [5.41, 5.74) is 6.09. The van der Waals surface area contributed by atoms with E-state index in [0.717, 1.165) is 23.2 Å². The lowest BCUT2D eigenvalue weighted by Gasteiger charge is -2.13. The largest absolute Gasteiger partial charge is 0.478 e. The zero-order valence-corrected chi connectivity index (χ0v) is 18.6. The van der Waals surface area contributed by atoms with E-state index in [4.69, 9.17) is 0 Å². The third-order valence-corrected chi connectivity index (χ3v) is 5.41. The highest BCUT2D eigenvalue weighted by atomic mass is 16.4. The van der Waals surface area contributed by atoms with E-state index in [1.807, 2.05) is 32.2 Å². The fraction of sp³-hybridized carbons (Fsp3) is 0.192. The maximum Gasteiger partial charge on any atom is 0.336 e. The van der Waals surface area contributed by atoms with Crippen LogP contribution in [0.15, 0.2) is 54.6 Å². The monoisotopic (exact) mass is 430 g/mol. The van der Waals surface area contributed by atoms with Crippen LogP contribution >= 0.6 is 0 Å². The van der Waals surface area contributed by atoms with Gasteiger partial charge in [-0.2, -0.15) is 0 Å². The number of carbonyl (C=O) groups excluding carboxylic acids is 2. The molecule has 0 radical (unpaired) electrons. The molecule has 0 fully saturated rings. The molecule has 32 heavy (non-hydrogen) atoms. The van der Waals surface area contributed by atoms with E-state index in [9.17, 15) is 19.5 Å². The van der Waals surface area contributed by atoms with E-state index in [1.165, 1.54) is 36.2 Å². The van der Waals surface area contributed by atoms with E-state index >= 15 is 0 Å². The Bertz CT molecular complexity index is 1210. The van der Waals surface area contributed by atoms with Crippen molar-refractivity contribution in [2.75, 3.05) is 17.7 Å². The molecule has 6 nitrogen and oxygen atoms in total. The van der Waals surface area contributed by atoms with Crippen LogP contribution < -0.4 is 10.6 Å². The van der Waals surface area contributed by atoms with E-state index in [2.05, 4.69) is 35.8 Å². The molecule has 3 rings (SSSR count). The van der Waals surface area contributed by atoms with Crippen LogP contribution in [0.2, 0.25) is 0 Å². The molecule has 0 saturated carbocycles. The standard InChI is InChI=1S/C26H26N2O4/c1-15-11-18(5-9-23(15)27-4)13-19-6-10-24(16(2)12-19)28-25(30)22-14-20(17(3)29)7-8-21(22)26(31)32/h5-12,14,27H,13H2,1-4H3,(H,28,30)(H,31,32). The number of hydrogen-bond donors (Lipinski definition) is 3. The van der Waals surface area contributed by atoms with Crippen LogP contribution in [0.3, 0.4) is 0 Å². The molecule has 1 amide bonds. The molecule has 0 bridgehead atoms. The van der Waals surface area contributed by atoms with Crippen molar-refractivity contribution in [3.05, 3.63) is 93.5 Å². The van der Waals surface area contributed by atoms with Gasteiger partial charge in [-0.3, -0.25) is 9.59 Å². The highest BCUT2D eigenvalue weighted by Crippen LogP contribution is 2.23. The van der Waals surface area contributed by atoms with Gasteiger partial charge in [0.25, 0.3) is 5.91 Å². The molecule has 0 aliphatic rings. The molecule has 0 spiro atoms. The minimum Gasteiger partial charge on any atom is -0.478 e. The molecule has 3 aromatic rings. The van der Waals surface area contributed by atoms with Gasteiger partial charge in [-0.05, 0) is 73.7 Å². The van der Waals surface area contributed by atoms with Crippen molar-refractivity contribution >= 4 is 29.0 Å². The number of amides is 1. The zero-order valence-electron chi connectivity index (χ0n) is 18.6.